The van der Waals surface area contributed by atoms with Gasteiger partial charge in [-0.2, -0.15) is 0 Å². The van der Waals surface area contributed by atoms with Crippen molar-refractivity contribution in [1.29, 1.82) is 0 Å². The van der Waals surface area contributed by atoms with Crippen molar-refractivity contribution in [3.8, 4) is 11.3 Å². The predicted octanol–water partition coefficient (Wildman–Crippen LogP) is 2.94. The van der Waals surface area contributed by atoms with Crippen LogP contribution in [0.25, 0.3) is 11.3 Å². The largest absolute Gasteiger partial charge is 0.467 e. The van der Waals surface area contributed by atoms with Gasteiger partial charge in [-0.05, 0) is 13.0 Å². The summed E-state index contributed by atoms with van der Waals surface area (Å²) in [5.41, 5.74) is 1.40. The lowest BCUT2D eigenvalue weighted by Gasteiger charge is -2.21. The van der Waals surface area contributed by atoms with Crippen molar-refractivity contribution in [3.63, 3.8) is 0 Å². The molecule has 1 saturated heterocycles. The molecule has 1 aromatic carbocycles. The van der Waals surface area contributed by atoms with Gasteiger partial charge in [-0.25, -0.2) is 4.79 Å². The number of hydrogen-bond donors (Lipinski definition) is 0. The molecule has 1 aliphatic rings. The zero-order valence-corrected chi connectivity index (χ0v) is 13.8. The maximum atomic E-state index is 12.8. The molecule has 2 aromatic rings. The number of ether oxygens (including phenoxy) is 1. The minimum atomic E-state index is -0.582. The summed E-state index contributed by atoms with van der Waals surface area (Å²) < 4.78 is 10.5. The third-order valence-electron chi connectivity index (χ3n) is 3.76. The Morgan fingerprint density at radius 3 is 2.74 bits per heavy atom. The molecule has 5 nitrogen and oxygen atoms in total. The van der Waals surface area contributed by atoms with Crippen LogP contribution in [-0.4, -0.2) is 41.6 Å². The summed E-state index contributed by atoms with van der Waals surface area (Å²) in [6.07, 6.45) is 0. The summed E-state index contributed by atoms with van der Waals surface area (Å²) in [4.78, 5) is 26.1. The Labute approximate surface area is 138 Å². The zero-order chi connectivity index (χ0) is 16.4. The summed E-state index contributed by atoms with van der Waals surface area (Å²) in [6.45, 7) is 2.28. The number of thioether (sulfide) groups is 1. The summed E-state index contributed by atoms with van der Waals surface area (Å²) in [5, 5.41) is -0.582. The first kappa shape index (κ1) is 15.7. The molecule has 1 atom stereocenters. The molecule has 3 rings (SSSR count). The van der Waals surface area contributed by atoms with Crippen LogP contribution in [0.2, 0.25) is 0 Å². The first-order valence-corrected chi connectivity index (χ1v) is 8.33. The fourth-order valence-electron chi connectivity index (χ4n) is 2.57. The second-order valence-corrected chi connectivity index (χ2v) is 6.38. The van der Waals surface area contributed by atoms with Gasteiger partial charge in [-0.15, -0.1) is 11.8 Å². The van der Waals surface area contributed by atoms with E-state index in [1.807, 2.05) is 30.3 Å². The minimum absolute atomic E-state index is 0.200. The summed E-state index contributed by atoms with van der Waals surface area (Å²) in [6, 6.07) is 11.3. The number of nitrogens with zero attached hydrogens (tertiary/aromatic N) is 1. The molecule has 23 heavy (non-hydrogen) atoms. The van der Waals surface area contributed by atoms with Crippen LogP contribution in [0, 0.1) is 6.92 Å². The number of furan rings is 1. The highest BCUT2D eigenvalue weighted by Crippen LogP contribution is 2.30. The smallest absolute Gasteiger partial charge is 0.339 e. The van der Waals surface area contributed by atoms with E-state index >= 15 is 0 Å². The van der Waals surface area contributed by atoms with Crippen molar-refractivity contribution in [2.75, 3.05) is 19.4 Å². The zero-order valence-electron chi connectivity index (χ0n) is 12.9. The van der Waals surface area contributed by atoms with Gasteiger partial charge in [0.05, 0.1) is 12.7 Å². The highest BCUT2D eigenvalue weighted by Gasteiger charge is 2.37. The van der Waals surface area contributed by atoms with Crippen LogP contribution < -0.4 is 0 Å². The molecule has 2 heterocycles. The highest BCUT2D eigenvalue weighted by molar-refractivity contribution is 8.00. The van der Waals surface area contributed by atoms with E-state index in [4.69, 9.17) is 9.15 Å². The Balaban J connectivity index is 1.88. The van der Waals surface area contributed by atoms with Crippen molar-refractivity contribution in [2.24, 2.45) is 0 Å². The van der Waals surface area contributed by atoms with E-state index in [1.54, 1.807) is 17.9 Å². The first-order valence-electron chi connectivity index (χ1n) is 7.28. The number of rotatable bonds is 3. The van der Waals surface area contributed by atoms with Gasteiger partial charge in [0.15, 0.2) is 5.37 Å². The van der Waals surface area contributed by atoms with Crippen LogP contribution >= 0.6 is 11.8 Å². The minimum Gasteiger partial charge on any atom is -0.467 e. The molecule has 0 saturated carbocycles. The van der Waals surface area contributed by atoms with Gasteiger partial charge >= 0.3 is 5.97 Å². The summed E-state index contributed by atoms with van der Waals surface area (Å²) in [7, 11) is 1.33. The third kappa shape index (κ3) is 2.99. The first-order chi connectivity index (χ1) is 11.1. The van der Waals surface area contributed by atoms with Gasteiger partial charge in [0.2, 0.25) is 0 Å². The van der Waals surface area contributed by atoms with Gasteiger partial charge in [-0.1, -0.05) is 30.3 Å². The number of carbonyl (C=O) groups is 2. The van der Waals surface area contributed by atoms with E-state index in [0.717, 1.165) is 5.56 Å². The number of methoxy groups -OCH3 is 1. The highest BCUT2D eigenvalue weighted by atomic mass is 32.2. The van der Waals surface area contributed by atoms with Crippen LogP contribution in [-0.2, 0) is 9.53 Å². The fraction of sp³-hybridized carbons (Fsp3) is 0.294. The Bertz CT molecular complexity index is 725. The van der Waals surface area contributed by atoms with E-state index < -0.39 is 11.3 Å². The predicted molar refractivity (Wildman–Crippen MR) is 88.2 cm³/mol. The Morgan fingerprint density at radius 2 is 2.04 bits per heavy atom. The van der Waals surface area contributed by atoms with Gasteiger partial charge in [0.25, 0.3) is 5.91 Å². The van der Waals surface area contributed by atoms with Crippen LogP contribution in [0.1, 0.15) is 16.1 Å². The second-order valence-electron chi connectivity index (χ2n) is 5.19. The van der Waals surface area contributed by atoms with Crippen LogP contribution in [0.15, 0.2) is 40.8 Å². The number of benzene rings is 1. The maximum Gasteiger partial charge on any atom is 0.339 e. The van der Waals surface area contributed by atoms with Crippen LogP contribution in [0.4, 0.5) is 0 Å². The molecule has 0 bridgehead atoms. The molecule has 1 fully saturated rings. The maximum absolute atomic E-state index is 12.8. The molecule has 1 unspecified atom stereocenters. The lowest BCUT2D eigenvalue weighted by atomic mass is 10.1. The Kier molecular flexibility index (Phi) is 4.43. The van der Waals surface area contributed by atoms with Gasteiger partial charge in [0, 0.05) is 17.9 Å². The van der Waals surface area contributed by atoms with Crippen molar-refractivity contribution in [2.45, 2.75) is 12.3 Å². The monoisotopic (exact) mass is 331 g/mol. The SMILES string of the molecule is COC(=O)C1SCCN1C(=O)c1cc(-c2ccccc2)oc1C. The molecular weight excluding hydrogens is 314 g/mol. The normalized spacial score (nSPS) is 17.3. The molecule has 6 heteroatoms. The van der Waals surface area contributed by atoms with E-state index in [2.05, 4.69) is 0 Å². The Morgan fingerprint density at radius 1 is 1.30 bits per heavy atom. The lowest BCUT2D eigenvalue weighted by Crippen LogP contribution is -2.40. The average molecular weight is 331 g/mol. The second kappa shape index (κ2) is 6.50. The van der Waals surface area contributed by atoms with Crippen molar-refractivity contribution < 1.29 is 18.7 Å². The van der Waals surface area contributed by atoms with Crippen LogP contribution in [0.3, 0.4) is 0 Å². The molecule has 1 aliphatic heterocycles. The van der Waals surface area contributed by atoms with Gasteiger partial charge < -0.3 is 14.1 Å². The summed E-state index contributed by atoms with van der Waals surface area (Å²) >= 11 is 1.42. The molecule has 0 N–H and O–H groups in total. The van der Waals surface area contributed by atoms with E-state index in [1.165, 1.54) is 18.9 Å². The topological polar surface area (TPSA) is 59.8 Å². The van der Waals surface area contributed by atoms with E-state index in [9.17, 15) is 9.59 Å². The number of aryl methyl sites for hydroxylation is 1. The van der Waals surface area contributed by atoms with Gasteiger partial charge in [-0.3, -0.25) is 4.79 Å². The molecule has 120 valence electrons. The number of amides is 1. The van der Waals surface area contributed by atoms with Crippen molar-refractivity contribution in [1.82, 2.24) is 4.90 Å². The number of esters is 1. The molecule has 1 aromatic heterocycles. The molecule has 0 radical (unpaired) electrons. The Hall–Kier alpha value is -2.21. The van der Waals surface area contributed by atoms with E-state index in [-0.39, 0.29) is 5.91 Å². The van der Waals surface area contributed by atoms with Gasteiger partial charge in [0.1, 0.15) is 11.5 Å². The van der Waals surface area contributed by atoms with Crippen molar-refractivity contribution in [3.05, 3.63) is 47.7 Å². The van der Waals surface area contributed by atoms with E-state index in [0.29, 0.717) is 29.4 Å². The molecule has 0 aliphatic carbocycles. The lowest BCUT2D eigenvalue weighted by molar-refractivity contribution is -0.142. The van der Waals surface area contributed by atoms with Crippen LogP contribution in [0.5, 0.6) is 0 Å². The number of carbonyl (C=O) groups excluding carboxylic acids is 2. The quantitative estimate of drug-likeness (QED) is 0.809. The third-order valence-corrected chi connectivity index (χ3v) is 4.94. The van der Waals surface area contributed by atoms with Crippen molar-refractivity contribution >= 4 is 23.6 Å². The molecule has 1 amide bonds. The fourth-order valence-corrected chi connectivity index (χ4v) is 3.71. The standard InChI is InChI=1S/C17H17NO4S/c1-11-13(10-14(22-11)12-6-4-3-5-7-12)15(19)18-8-9-23-16(18)17(20)21-2/h3-7,10,16H,8-9H2,1-2H3. The molecular formula is C17H17NO4S. The number of hydrogen-bond acceptors (Lipinski definition) is 5. The average Bonchev–Trinajstić information content (AvgIpc) is 3.21. The summed E-state index contributed by atoms with van der Waals surface area (Å²) in [5.74, 6) is 1.31. The molecule has 0 spiro atoms.